The van der Waals surface area contributed by atoms with E-state index in [4.69, 9.17) is 28.2 Å². The van der Waals surface area contributed by atoms with Crippen molar-refractivity contribution in [2.75, 3.05) is 6.54 Å². The summed E-state index contributed by atoms with van der Waals surface area (Å²) in [5.41, 5.74) is 5.33. The molecule has 0 radical (unpaired) electrons. The highest BCUT2D eigenvalue weighted by molar-refractivity contribution is 6.35. The molecule has 5 nitrogen and oxygen atoms in total. The third kappa shape index (κ3) is 5.44. The first-order chi connectivity index (χ1) is 17.5. The predicted octanol–water partition coefficient (Wildman–Crippen LogP) is 7.55. The van der Waals surface area contributed by atoms with Crippen LogP contribution in [-0.2, 0) is 13.0 Å². The van der Waals surface area contributed by atoms with E-state index >= 15 is 0 Å². The molecule has 1 fully saturated rings. The van der Waals surface area contributed by atoms with Crippen LogP contribution in [-0.4, -0.2) is 27.2 Å². The zero-order chi connectivity index (χ0) is 25.1. The van der Waals surface area contributed by atoms with Crippen LogP contribution in [0.4, 0.5) is 0 Å². The summed E-state index contributed by atoms with van der Waals surface area (Å²) in [6.07, 6.45) is 6.77. The van der Waals surface area contributed by atoms with E-state index in [1.54, 1.807) is 18.2 Å². The average molecular weight is 522 g/mol. The number of aromatic carboxylic acids is 1. The minimum atomic E-state index is -0.930. The maximum absolute atomic E-state index is 11.5. The maximum Gasteiger partial charge on any atom is 0.335 e. The Balaban J connectivity index is 1.33. The maximum atomic E-state index is 11.5. The third-order valence-corrected chi connectivity index (χ3v) is 7.59. The lowest BCUT2D eigenvalue weighted by atomic mass is 9.94. The molecule has 2 N–H and O–H groups in total. The number of hydrogen-bond donors (Lipinski definition) is 2. The van der Waals surface area contributed by atoms with Crippen molar-refractivity contribution in [3.63, 3.8) is 0 Å². The largest absolute Gasteiger partial charge is 0.478 e. The summed E-state index contributed by atoms with van der Waals surface area (Å²) >= 11 is 12.3. The Morgan fingerprint density at radius 2 is 1.78 bits per heavy atom. The zero-order valence-corrected chi connectivity index (χ0v) is 21.5. The lowest BCUT2D eigenvalue weighted by Gasteiger charge is -2.25. The van der Waals surface area contributed by atoms with E-state index in [2.05, 4.69) is 34.1 Å². The van der Waals surface area contributed by atoms with Crippen LogP contribution in [0.5, 0.6) is 0 Å². The highest BCUT2D eigenvalue weighted by Gasteiger charge is 2.23. The van der Waals surface area contributed by atoms with E-state index in [0.29, 0.717) is 16.1 Å². The highest BCUT2D eigenvalue weighted by atomic mass is 35.5. The van der Waals surface area contributed by atoms with Gasteiger partial charge in [-0.1, -0.05) is 72.8 Å². The van der Waals surface area contributed by atoms with Crippen LogP contribution in [0.15, 0.2) is 60.7 Å². The van der Waals surface area contributed by atoms with Gasteiger partial charge in [-0.25, -0.2) is 9.78 Å². The standard InChI is InChI=1S/C29H29Cl2N3O2/c30-23-12-10-20(25(31)17-23)14-15-32-18-19-6-8-21(9-7-19)28-33-26-16-22(29(35)36)11-13-27(26)34(28)24-4-2-1-3-5-24/h6-13,16-17,24,32H,1-5,14-15,18H2,(H,35,36). The molecular weight excluding hydrogens is 493 g/mol. The number of halogens is 2. The lowest BCUT2D eigenvalue weighted by molar-refractivity contribution is 0.0697. The van der Waals surface area contributed by atoms with Gasteiger partial charge in [-0.2, -0.15) is 0 Å². The first-order valence-electron chi connectivity index (χ1n) is 12.5. The minimum Gasteiger partial charge on any atom is -0.478 e. The number of carboxylic acid groups (broad SMARTS) is 1. The summed E-state index contributed by atoms with van der Waals surface area (Å²) in [6.45, 7) is 1.57. The smallest absolute Gasteiger partial charge is 0.335 e. The number of rotatable bonds is 8. The quantitative estimate of drug-likeness (QED) is 0.235. The SMILES string of the molecule is O=C(O)c1ccc2c(c1)nc(-c1ccc(CNCCc3ccc(Cl)cc3Cl)cc1)n2C1CCCCC1. The fraction of sp³-hybridized carbons (Fsp3) is 0.310. The number of nitrogens with zero attached hydrogens (tertiary/aromatic N) is 2. The number of imidazole rings is 1. The van der Waals surface area contributed by atoms with Crippen LogP contribution in [0.2, 0.25) is 10.0 Å². The van der Waals surface area contributed by atoms with Gasteiger partial charge in [-0.3, -0.25) is 0 Å². The molecule has 186 valence electrons. The minimum absolute atomic E-state index is 0.267. The van der Waals surface area contributed by atoms with Crippen LogP contribution in [0.25, 0.3) is 22.4 Å². The summed E-state index contributed by atoms with van der Waals surface area (Å²) in [7, 11) is 0. The van der Waals surface area contributed by atoms with Crippen molar-refractivity contribution in [2.45, 2.75) is 51.1 Å². The Kier molecular flexibility index (Phi) is 7.61. The molecular formula is C29H29Cl2N3O2. The van der Waals surface area contributed by atoms with Crippen molar-refractivity contribution in [2.24, 2.45) is 0 Å². The molecule has 0 unspecified atom stereocenters. The van der Waals surface area contributed by atoms with Gasteiger partial charge in [0.25, 0.3) is 0 Å². The van der Waals surface area contributed by atoms with Crippen molar-refractivity contribution in [1.82, 2.24) is 14.9 Å². The monoisotopic (exact) mass is 521 g/mol. The summed E-state index contributed by atoms with van der Waals surface area (Å²) in [6, 6.07) is 19.8. The van der Waals surface area contributed by atoms with Gasteiger partial charge in [-0.15, -0.1) is 0 Å². The second-order valence-electron chi connectivity index (χ2n) is 9.47. The van der Waals surface area contributed by atoms with E-state index in [0.717, 1.165) is 60.3 Å². The van der Waals surface area contributed by atoms with E-state index in [9.17, 15) is 9.90 Å². The normalized spacial score (nSPS) is 14.4. The van der Waals surface area contributed by atoms with Gasteiger partial charge in [0.2, 0.25) is 0 Å². The van der Waals surface area contributed by atoms with Gasteiger partial charge in [0.05, 0.1) is 16.6 Å². The Labute approximate surface area is 221 Å². The van der Waals surface area contributed by atoms with Gasteiger partial charge >= 0.3 is 5.97 Å². The molecule has 0 bridgehead atoms. The predicted molar refractivity (Wildman–Crippen MR) is 146 cm³/mol. The number of benzene rings is 3. The van der Waals surface area contributed by atoms with Crippen molar-refractivity contribution in [1.29, 1.82) is 0 Å². The summed E-state index contributed by atoms with van der Waals surface area (Å²) in [5, 5.41) is 14.3. The van der Waals surface area contributed by atoms with Crippen molar-refractivity contribution in [3.8, 4) is 11.4 Å². The molecule has 0 amide bonds. The number of fused-ring (bicyclic) bond motifs is 1. The number of aromatic nitrogens is 2. The average Bonchev–Trinajstić information content (AvgIpc) is 3.27. The first-order valence-corrected chi connectivity index (χ1v) is 13.2. The second kappa shape index (κ2) is 11.0. The molecule has 4 aromatic rings. The van der Waals surface area contributed by atoms with Gasteiger partial charge in [0, 0.05) is 28.2 Å². The fourth-order valence-corrected chi connectivity index (χ4v) is 5.60. The Hall–Kier alpha value is -2.86. The lowest BCUT2D eigenvalue weighted by Crippen LogP contribution is -2.17. The highest BCUT2D eigenvalue weighted by Crippen LogP contribution is 2.36. The van der Waals surface area contributed by atoms with Crippen molar-refractivity contribution >= 4 is 40.2 Å². The molecule has 1 aliphatic rings. The second-order valence-corrected chi connectivity index (χ2v) is 10.3. The van der Waals surface area contributed by atoms with Gasteiger partial charge in [0.1, 0.15) is 5.82 Å². The van der Waals surface area contributed by atoms with Crippen molar-refractivity contribution in [3.05, 3.63) is 87.4 Å². The molecule has 0 aliphatic heterocycles. The van der Waals surface area contributed by atoms with E-state index in [1.165, 1.54) is 24.8 Å². The molecule has 1 saturated carbocycles. The Morgan fingerprint density at radius 1 is 1.00 bits per heavy atom. The van der Waals surface area contributed by atoms with Crippen LogP contribution >= 0.6 is 23.2 Å². The van der Waals surface area contributed by atoms with E-state index in [-0.39, 0.29) is 5.56 Å². The van der Waals surface area contributed by atoms with Crippen LogP contribution in [0.3, 0.4) is 0 Å². The molecule has 5 rings (SSSR count). The van der Waals surface area contributed by atoms with Crippen molar-refractivity contribution < 1.29 is 9.90 Å². The summed E-state index contributed by atoms with van der Waals surface area (Å²) < 4.78 is 2.34. The van der Waals surface area contributed by atoms with Crippen LogP contribution in [0, 0.1) is 0 Å². The molecule has 0 spiro atoms. The van der Waals surface area contributed by atoms with Crippen LogP contribution in [0.1, 0.15) is 59.6 Å². The molecule has 0 atom stereocenters. The van der Waals surface area contributed by atoms with Gasteiger partial charge in [0.15, 0.2) is 0 Å². The van der Waals surface area contributed by atoms with E-state index in [1.807, 2.05) is 18.2 Å². The molecule has 3 aromatic carbocycles. The third-order valence-electron chi connectivity index (χ3n) is 7.00. The number of carbonyl (C=O) groups is 1. The van der Waals surface area contributed by atoms with E-state index < -0.39 is 5.97 Å². The Morgan fingerprint density at radius 3 is 2.50 bits per heavy atom. The number of carboxylic acids is 1. The molecule has 1 aliphatic carbocycles. The zero-order valence-electron chi connectivity index (χ0n) is 20.0. The first kappa shape index (κ1) is 24.8. The molecule has 7 heteroatoms. The molecule has 1 aromatic heterocycles. The number of nitrogens with one attached hydrogen (secondary N) is 1. The van der Waals surface area contributed by atoms with Gasteiger partial charge in [-0.05, 0) is 67.3 Å². The van der Waals surface area contributed by atoms with Gasteiger partial charge < -0.3 is 15.0 Å². The summed E-state index contributed by atoms with van der Waals surface area (Å²) in [4.78, 5) is 16.4. The van der Waals surface area contributed by atoms with Crippen LogP contribution < -0.4 is 5.32 Å². The molecule has 0 saturated heterocycles. The molecule has 36 heavy (non-hydrogen) atoms. The number of hydrogen-bond acceptors (Lipinski definition) is 3. The molecule has 1 heterocycles. The topological polar surface area (TPSA) is 67.2 Å². The Bertz CT molecular complexity index is 1380. The summed E-state index contributed by atoms with van der Waals surface area (Å²) in [5.74, 6) is -0.0165. The fourth-order valence-electron chi connectivity index (χ4n) is 5.10.